The Hall–Kier alpha value is -2.17. The molecule has 1 aromatic rings. The van der Waals surface area contributed by atoms with E-state index >= 15 is 0 Å². The molecule has 4 rings (SSSR count). The fourth-order valence-electron chi connectivity index (χ4n) is 3.64. The summed E-state index contributed by atoms with van der Waals surface area (Å²) < 4.78 is 0. The summed E-state index contributed by atoms with van der Waals surface area (Å²) in [7, 11) is 0. The Balaban J connectivity index is 1.46. The summed E-state index contributed by atoms with van der Waals surface area (Å²) in [6, 6.07) is 6.52. The third kappa shape index (κ3) is 2.12. The zero-order chi connectivity index (χ0) is 15.3. The standard InChI is InChI=1S/C17H17NO4/c19-15-13-3-1-2-4-14(13)16(20)18(15)22-17(21)10-5-7-11-9-12(11)8-6-10/h1-4,10-12H,5-9H2. The number of amides is 2. The first-order chi connectivity index (χ1) is 10.6. The molecule has 114 valence electrons. The molecular formula is C17H17NO4. The van der Waals surface area contributed by atoms with E-state index in [9.17, 15) is 14.4 Å². The molecule has 2 unspecified atom stereocenters. The van der Waals surface area contributed by atoms with Crippen LogP contribution in [0, 0.1) is 17.8 Å². The number of carbonyl (C=O) groups excluding carboxylic acids is 3. The van der Waals surface area contributed by atoms with Gasteiger partial charge >= 0.3 is 5.97 Å². The van der Waals surface area contributed by atoms with Crippen LogP contribution >= 0.6 is 0 Å². The Morgan fingerprint density at radius 3 is 2.05 bits per heavy atom. The Kier molecular flexibility index (Phi) is 3.03. The molecule has 1 aliphatic heterocycles. The minimum atomic E-state index is -0.551. The third-order valence-electron chi connectivity index (χ3n) is 5.11. The number of rotatable bonds is 2. The monoisotopic (exact) mass is 299 g/mol. The topological polar surface area (TPSA) is 63.7 Å². The van der Waals surface area contributed by atoms with Crippen molar-refractivity contribution in [3.63, 3.8) is 0 Å². The first-order valence-corrected chi connectivity index (χ1v) is 7.85. The molecule has 5 heteroatoms. The van der Waals surface area contributed by atoms with E-state index in [-0.39, 0.29) is 5.92 Å². The van der Waals surface area contributed by atoms with Crippen LogP contribution in [0.4, 0.5) is 0 Å². The van der Waals surface area contributed by atoms with Crippen molar-refractivity contribution in [3.8, 4) is 0 Å². The van der Waals surface area contributed by atoms with Gasteiger partial charge in [-0.1, -0.05) is 17.2 Å². The molecule has 2 saturated carbocycles. The van der Waals surface area contributed by atoms with Crippen molar-refractivity contribution < 1.29 is 19.2 Å². The van der Waals surface area contributed by atoms with E-state index in [0.29, 0.717) is 16.2 Å². The van der Waals surface area contributed by atoms with E-state index in [1.807, 2.05) is 0 Å². The molecule has 2 fully saturated rings. The molecular weight excluding hydrogens is 282 g/mol. The number of nitrogens with zero attached hydrogens (tertiary/aromatic N) is 1. The summed E-state index contributed by atoms with van der Waals surface area (Å²) in [4.78, 5) is 41.8. The summed E-state index contributed by atoms with van der Waals surface area (Å²) in [6.07, 6.45) is 4.98. The molecule has 0 spiro atoms. The largest absolute Gasteiger partial charge is 0.336 e. The van der Waals surface area contributed by atoms with E-state index < -0.39 is 17.8 Å². The van der Waals surface area contributed by atoms with E-state index in [2.05, 4.69) is 0 Å². The van der Waals surface area contributed by atoms with Crippen molar-refractivity contribution in [2.75, 3.05) is 0 Å². The third-order valence-corrected chi connectivity index (χ3v) is 5.11. The fourth-order valence-corrected chi connectivity index (χ4v) is 3.64. The second kappa shape index (κ2) is 4.93. The molecule has 3 aliphatic rings. The summed E-state index contributed by atoms with van der Waals surface area (Å²) in [5.74, 6) is -0.196. The Labute approximate surface area is 128 Å². The van der Waals surface area contributed by atoms with Crippen molar-refractivity contribution in [3.05, 3.63) is 35.4 Å². The first kappa shape index (κ1) is 13.5. The van der Waals surface area contributed by atoms with Crippen LogP contribution < -0.4 is 0 Å². The predicted octanol–water partition coefficient (Wildman–Crippen LogP) is 2.57. The van der Waals surface area contributed by atoms with Crippen molar-refractivity contribution in [2.45, 2.75) is 32.1 Å². The second-order valence-corrected chi connectivity index (χ2v) is 6.47. The van der Waals surface area contributed by atoms with E-state index in [1.54, 1.807) is 24.3 Å². The summed E-state index contributed by atoms with van der Waals surface area (Å²) >= 11 is 0. The number of benzene rings is 1. The molecule has 1 heterocycles. The molecule has 0 N–H and O–H groups in total. The zero-order valence-corrected chi connectivity index (χ0v) is 12.2. The van der Waals surface area contributed by atoms with Gasteiger partial charge in [0.1, 0.15) is 0 Å². The molecule has 2 amide bonds. The molecule has 2 atom stereocenters. The van der Waals surface area contributed by atoms with Gasteiger partial charge in [-0.25, -0.2) is 4.79 Å². The first-order valence-electron chi connectivity index (χ1n) is 7.85. The summed E-state index contributed by atoms with van der Waals surface area (Å²) in [5, 5.41) is 0.624. The molecule has 0 saturated heterocycles. The number of hydrogen-bond acceptors (Lipinski definition) is 4. The lowest BCUT2D eigenvalue weighted by Crippen LogP contribution is -2.35. The van der Waals surface area contributed by atoms with Gasteiger partial charge in [0.2, 0.25) is 0 Å². The van der Waals surface area contributed by atoms with Gasteiger partial charge in [-0.05, 0) is 56.1 Å². The van der Waals surface area contributed by atoms with Gasteiger partial charge in [-0.3, -0.25) is 9.59 Å². The van der Waals surface area contributed by atoms with Gasteiger partial charge < -0.3 is 4.84 Å². The van der Waals surface area contributed by atoms with Gasteiger partial charge in [0.05, 0.1) is 17.0 Å². The van der Waals surface area contributed by atoms with Crippen molar-refractivity contribution >= 4 is 17.8 Å². The highest BCUT2D eigenvalue weighted by Crippen LogP contribution is 2.49. The fraction of sp³-hybridized carbons (Fsp3) is 0.471. The average Bonchev–Trinajstić information content (AvgIpc) is 3.26. The van der Waals surface area contributed by atoms with Crippen molar-refractivity contribution in [2.24, 2.45) is 17.8 Å². The molecule has 5 nitrogen and oxygen atoms in total. The van der Waals surface area contributed by atoms with Crippen LogP contribution in [-0.2, 0) is 9.63 Å². The highest BCUT2D eigenvalue weighted by molar-refractivity contribution is 6.20. The smallest absolute Gasteiger partial charge is 0.329 e. The highest BCUT2D eigenvalue weighted by Gasteiger charge is 2.43. The molecule has 1 aromatic carbocycles. The lowest BCUT2D eigenvalue weighted by molar-refractivity contribution is -0.174. The van der Waals surface area contributed by atoms with E-state index in [1.165, 1.54) is 6.42 Å². The normalized spacial score (nSPS) is 29.6. The molecule has 0 bridgehead atoms. The minimum absolute atomic E-state index is 0.197. The molecule has 0 aromatic heterocycles. The summed E-state index contributed by atoms with van der Waals surface area (Å²) in [6.45, 7) is 0. The maximum atomic E-state index is 12.3. The van der Waals surface area contributed by atoms with Gasteiger partial charge in [-0.15, -0.1) is 0 Å². The maximum absolute atomic E-state index is 12.3. The number of hydrogen-bond donors (Lipinski definition) is 0. The van der Waals surface area contributed by atoms with Crippen molar-refractivity contribution in [1.29, 1.82) is 0 Å². The summed E-state index contributed by atoms with van der Waals surface area (Å²) in [5.41, 5.74) is 0.588. The number of fused-ring (bicyclic) bond motifs is 2. The lowest BCUT2D eigenvalue weighted by Gasteiger charge is -2.18. The van der Waals surface area contributed by atoms with Crippen LogP contribution in [0.25, 0.3) is 0 Å². The predicted molar refractivity (Wildman–Crippen MR) is 76.6 cm³/mol. The van der Waals surface area contributed by atoms with Crippen molar-refractivity contribution in [1.82, 2.24) is 5.06 Å². The minimum Gasteiger partial charge on any atom is -0.329 e. The number of carbonyl (C=O) groups is 3. The highest BCUT2D eigenvalue weighted by atomic mass is 16.7. The van der Waals surface area contributed by atoms with E-state index in [4.69, 9.17) is 4.84 Å². The SMILES string of the molecule is O=C(ON1C(=O)c2ccccc2C1=O)C1CCC2CC2CC1. The molecule has 2 aliphatic carbocycles. The lowest BCUT2D eigenvalue weighted by atomic mass is 9.99. The van der Waals surface area contributed by atoms with Crippen LogP contribution in [0.3, 0.4) is 0 Å². The zero-order valence-electron chi connectivity index (χ0n) is 12.2. The second-order valence-electron chi connectivity index (χ2n) is 6.47. The Morgan fingerprint density at radius 2 is 1.50 bits per heavy atom. The van der Waals surface area contributed by atoms with Crippen LogP contribution in [0.1, 0.15) is 52.8 Å². The van der Waals surface area contributed by atoms with Gasteiger partial charge in [0, 0.05) is 0 Å². The Bertz CT molecular complexity index is 621. The van der Waals surface area contributed by atoms with Gasteiger partial charge in [0.25, 0.3) is 11.8 Å². The molecule has 0 radical (unpaired) electrons. The van der Waals surface area contributed by atoms with Crippen LogP contribution in [0.15, 0.2) is 24.3 Å². The van der Waals surface area contributed by atoms with Gasteiger partial charge in [0.15, 0.2) is 0 Å². The quantitative estimate of drug-likeness (QED) is 0.787. The van der Waals surface area contributed by atoms with Gasteiger partial charge in [-0.2, -0.15) is 0 Å². The number of imide groups is 1. The van der Waals surface area contributed by atoms with Crippen LogP contribution in [-0.4, -0.2) is 22.8 Å². The average molecular weight is 299 g/mol. The number of hydroxylamine groups is 2. The van der Waals surface area contributed by atoms with Crippen LogP contribution in [0.2, 0.25) is 0 Å². The molecule has 22 heavy (non-hydrogen) atoms. The van der Waals surface area contributed by atoms with E-state index in [0.717, 1.165) is 37.5 Å². The maximum Gasteiger partial charge on any atom is 0.336 e. The van der Waals surface area contributed by atoms with Crippen LogP contribution in [0.5, 0.6) is 0 Å². The Morgan fingerprint density at radius 1 is 0.955 bits per heavy atom.